The zero-order valence-electron chi connectivity index (χ0n) is 14.2. The Bertz CT molecular complexity index is 592. The highest BCUT2D eigenvalue weighted by molar-refractivity contribution is 5.89. The van der Waals surface area contributed by atoms with Crippen LogP contribution in [-0.2, 0) is 0 Å². The van der Waals surface area contributed by atoms with Gasteiger partial charge in [0.2, 0.25) is 0 Å². The molecule has 0 aromatic heterocycles. The van der Waals surface area contributed by atoms with Crippen LogP contribution in [0, 0.1) is 11.8 Å². The smallest absolute Gasteiger partial charge is 0.145 e. The summed E-state index contributed by atoms with van der Waals surface area (Å²) >= 11 is 0. The van der Waals surface area contributed by atoms with Crippen LogP contribution in [0.4, 0.5) is 5.69 Å². The number of nitrogens with zero attached hydrogens (tertiary/aromatic N) is 3. The first-order chi connectivity index (χ1) is 11.2. The highest BCUT2D eigenvalue weighted by Gasteiger charge is 2.38. The van der Waals surface area contributed by atoms with Gasteiger partial charge in [0, 0.05) is 26.2 Å². The number of para-hydroxylation sites is 2. The lowest BCUT2D eigenvalue weighted by Gasteiger charge is -2.41. The molecule has 1 aliphatic carbocycles. The van der Waals surface area contributed by atoms with Gasteiger partial charge in [-0.3, -0.25) is 0 Å². The van der Waals surface area contributed by atoms with Crippen LogP contribution in [0.2, 0.25) is 0 Å². The second-order valence-corrected chi connectivity index (χ2v) is 7.41. The number of hydrogen-bond acceptors (Lipinski definition) is 4. The minimum Gasteiger partial charge on any atom is -0.487 e. The van der Waals surface area contributed by atoms with Gasteiger partial charge in [0.25, 0.3) is 0 Å². The number of benzene rings is 1. The predicted molar refractivity (Wildman–Crippen MR) is 93.5 cm³/mol. The van der Waals surface area contributed by atoms with E-state index < -0.39 is 0 Å². The van der Waals surface area contributed by atoms with E-state index >= 15 is 0 Å². The molecule has 23 heavy (non-hydrogen) atoms. The van der Waals surface area contributed by atoms with E-state index in [-0.39, 0.29) is 6.10 Å². The van der Waals surface area contributed by atoms with Crippen molar-refractivity contribution < 1.29 is 4.74 Å². The number of piperazine rings is 1. The molecule has 124 valence electrons. The first kappa shape index (κ1) is 15.0. The van der Waals surface area contributed by atoms with Gasteiger partial charge in [-0.15, -0.1) is 0 Å². The zero-order chi connectivity index (χ0) is 15.8. The molecule has 3 unspecified atom stereocenters. The van der Waals surface area contributed by atoms with Crippen molar-refractivity contribution in [3.05, 3.63) is 24.3 Å². The van der Waals surface area contributed by atoms with Crippen molar-refractivity contribution in [3.63, 3.8) is 0 Å². The largest absolute Gasteiger partial charge is 0.487 e. The standard InChI is InChI=1S/C19H27N3O/c1-14-7-8-17-15(13-14)19(22-11-9-21(2)10-12-22)20-16-5-3-4-6-18(16)23-17/h3-6,14-15,17H,7-13H2,1-2H3. The third kappa shape index (κ3) is 2.97. The van der Waals surface area contributed by atoms with Gasteiger partial charge in [-0.2, -0.15) is 0 Å². The summed E-state index contributed by atoms with van der Waals surface area (Å²) in [6.45, 7) is 6.77. The lowest BCUT2D eigenvalue weighted by molar-refractivity contribution is 0.0982. The number of likely N-dealkylation sites (N-methyl/N-ethyl adjacent to an activating group) is 1. The topological polar surface area (TPSA) is 28.1 Å². The van der Waals surface area contributed by atoms with Crippen molar-refractivity contribution in [2.45, 2.75) is 32.3 Å². The molecular formula is C19H27N3O. The minimum absolute atomic E-state index is 0.285. The Balaban J connectivity index is 1.70. The molecule has 3 aliphatic rings. The van der Waals surface area contributed by atoms with Crippen LogP contribution in [-0.4, -0.2) is 55.0 Å². The summed E-state index contributed by atoms with van der Waals surface area (Å²) in [5, 5.41) is 0. The molecule has 1 saturated heterocycles. The average Bonchev–Trinajstić information content (AvgIpc) is 2.72. The SMILES string of the molecule is CC1CCC2Oc3ccccc3N=C(N3CCN(C)CC3)C2C1. The molecule has 4 heteroatoms. The molecule has 0 amide bonds. The lowest BCUT2D eigenvalue weighted by atomic mass is 9.79. The molecular weight excluding hydrogens is 286 g/mol. The highest BCUT2D eigenvalue weighted by atomic mass is 16.5. The monoisotopic (exact) mass is 313 g/mol. The summed E-state index contributed by atoms with van der Waals surface area (Å²) in [4.78, 5) is 10.0. The first-order valence-electron chi connectivity index (χ1n) is 8.98. The molecule has 3 atom stereocenters. The number of fused-ring (bicyclic) bond motifs is 2. The van der Waals surface area contributed by atoms with E-state index in [1.807, 2.05) is 0 Å². The van der Waals surface area contributed by atoms with Gasteiger partial charge in [0.1, 0.15) is 23.4 Å². The minimum atomic E-state index is 0.285. The van der Waals surface area contributed by atoms with E-state index in [0.29, 0.717) is 5.92 Å². The molecule has 0 bridgehead atoms. The zero-order valence-corrected chi connectivity index (χ0v) is 14.2. The van der Waals surface area contributed by atoms with Crippen LogP contribution >= 0.6 is 0 Å². The Morgan fingerprint density at radius 2 is 1.87 bits per heavy atom. The molecule has 1 aromatic carbocycles. The second-order valence-electron chi connectivity index (χ2n) is 7.41. The Labute approximate surface area is 139 Å². The van der Waals surface area contributed by atoms with Crippen LogP contribution in [0.15, 0.2) is 29.3 Å². The Hall–Kier alpha value is -1.55. The Morgan fingerprint density at radius 1 is 1.09 bits per heavy atom. The Morgan fingerprint density at radius 3 is 2.70 bits per heavy atom. The van der Waals surface area contributed by atoms with Crippen molar-refractivity contribution in [2.75, 3.05) is 33.2 Å². The molecule has 0 radical (unpaired) electrons. The molecule has 2 fully saturated rings. The van der Waals surface area contributed by atoms with Crippen molar-refractivity contribution in [1.82, 2.24) is 9.80 Å². The van der Waals surface area contributed by atoms with E-state index in [1.165, 1.54) is 18.7 Å². The number of hydrogen-bond donors (Lipinski definition) is 0. The summed E-state index contributed by atoms with van der Waals surface area (Å²) < 4.78 is 6.40. The first-order valence-corrected chi connectivity index (χ1v) is 8.98. The fourth-order valence-corrected chi connectivity index (χ4v) is 4.13. The molecule has 4 rings (SSSR count). The summed E-state index contributed by atoms with van der Waals surface area (Å²) in [5.74, 6) is 3.44. The van der Waals surface area contributed by atoms with Gasteiger partial charge in [-0.05, 0) is 44.4 Å². The maximum absolute atomic E-state index is 6.40. The summed E-state index contributed by atoms with van der Waals surface area (Å²) in [6, 6.07) is 8.27. The third-order valence-corrected chi connectivity index (χ3v) is 5.59. The van der Waals surface area contributed by atoms with Crippen molar-refractivity contribution >= 4 is 11.5 Å². The predicted octanol–water partition coefficient (Wildman–Crippen LogP) is 3.16. The van der Waals surface area contributed by atoms with Crippen LogP contribution in [0.5, 0.6) is 5.75 Å². The average molecular weight is 313 g/mol. The van der Waals surface area contributed by atoms with Gasteiger partial charge >= 0.3 is 0 Å². The van der Waals surface area contributed by atoms with E-state index in [2.05, 4.69) is 48.0 Å². The molecule has 1 aromatic rings. The molecule has 4 nitrogen and oxygen atoms in total. The summed E-state index contributed by atoms with van der Waals surface area (Å²) in [5.41, 5.74) is 1.00. The third-order valence-electron chi connectivity index (χ3n) is 5.59. The fraction of sp³-hybridized carbons (Fsp3) is 0.632. The van der Waals surface area contributed by atoms with Gasteiger partial charge in [0.15, 0.2) is 0 Å². The van der Waals surface area contributed by atoms with Gasteiger partial charge < -0.3 is 14.5 Å². The van der Waals surface area contributed by atoms with Crippen molar-refractivity contribution in [1.29, 1.82) is 0 Å². The summed E-state index contributed by atoms with van der Waals surface area (Å²) in [6.07, 6.45) is 3.89. The van der Waals surface area contributed by atoms with Crippen molar-refractivity contribution in [3.8, 4) is 5.75 Å². The van der Waals surface area contributed by atoms with Crippen LogP contribution in [0.25, 0.3) is 0 Å². The maximum atomic E-state index is 6.40. The molecule has 2 aliphatic heterocycles. The van der Waals surface area contributed by atoms with Crippen molar-refractivity contribution in [2.24, 2.45) is 16.8 Å². The highest BCUT2D eigenvalue weighted by Crippen LogP contribution is 2.40. The van der Waals surface area contributed by atoms with E-state index in [0.717, 1.165) is 50.0 Å². The maximum Gasteiger partial charge on any atom is 0.145 e. The van der Waals surface area contributed by atoms with E-state index in [4.69, 9.17) is 9.73 Å². The van der Waals surface area contributed by atoms with Crippen LogP contribution in [0.3, 0.4) is 0 Å². The Kier molecular flexibility index (Phi) is 4.02. The fourth-order valence-electron chi connectivity index (χ4n) is 4.13. The summed E-state index contributed by atoms with van der Waals surface area (Å²) in [7, 11) is 2.20. The second kappa shape index (κ2) is 6.16. The van der Waals surface area contributed by atoms with Crippen LogP contribution in [0.1, 0.15) is 26.2 Å². The number of ether oxygens (including phenoxy) is 1. The van der Waals surface area contributed by atoms with Gasteiger partial charge in [0.05, 0.1) is 5.92 Å². The van der Waals surface area contributed by atoms with Crippen LogP contribution < -0.4 is 4.74 Å². The number of aliphatic imine (C=N–C) groups is 1. The van der Waals surface area contributed by atoms with Gasteiger partial charge in [-0.25, -0.2) is 4.99 Å². The normalized spacial score (nSPS) is 31.5. The number of amidine groups is 1. The molecule has 0 spiro atoms. The quantitative estimate of drug-likeness (QED) is 0.736. The van der Waals surface area contributed by atoms with E-state index in [1.54, 1.807) is 0 Å². The van der Waals surface area contributed by atoms with Gasteiger partial charge in [-0.1, -0.05) is 19.1 Å². The number of rotatable bonds is 0. The molecule has 0 N–H and O–H groups in total. The molecule has 1 saturated carbocycles. The van der Waals surface area contributed by atoms with E-state index in [9.17, 15) is 0 Å². The lowest BCUT2D eigenvalue weighted by Crippen LogP contribution is -2.52. The molecule has 2 heterocycles.